The van der Waals surface area contributed by atoms with Crippen LogP contribution in [0.15, 0.2) is 33.8 Å². The Morgan fingerprint density at radius 1 is 1.30 bits per heavy atom. The maximum absolute atomic E-state index is 5.15. The summed E-state index contributed by atoms with van der Waals surface area (Å²) in [7, 11) is 1.83. The first-order valence-electron chi connectivity index (χ1n) is 5.74. The summed E-state index contributed by atoms with van der Waals surface area (Å²) in [4.78, 5) is 12.4. The molecular weight excluding hydrogens is 326 g/mol. The van der Waals surface area contributed by atoms with Gasteiger partial charge in [0.15, 0.2) is 0 Å². The van der Waals surface area contributed by atoms with Crippen molar-refractivity contribution in [2.45, 2.75) is 6.54 Å². The number of hydrogen-bond acceptors (Lipinski definition) is 7. The van der Waals surface area contributed by atoms with Gasteiger partial charge in [-0.05, 0) is 15.9 Å². The summed E-state index contributed by atoms with van der Waals surface area (Å²) in [6.45, 7) is 0.356. The zero-order valence-electron chi connectivity index (χ0n) is 10.5. The van der Waals surface area contributed by atoms with Crippen LogP contribution in [0.25, 0.3) is 11.4 Å². The van der Waals surface area contributed by atoms with Gasteiger partial charge >= 0.3 is 0 Å². The van der Waals surface area contributed by atoms with Crippen molar-refractivity contribution >= 4 is 21.9 Å². The molecule has 0 atom stereocenters. The molecule has 0 saturated carbocycles. The lowest BCUT2D eigenvalue weighted by atomic mass is 10.3. The van der Waals surface area contributed by atoms with Crippen molar-refractivity contribution in [2.75, 3.05) is 5.32 Å². The maximum Gasteiger partial charge on any atom is 0.246 e. The molecule has 0 aliphatic carbocycles. The first-order chi connectivity index (χ1) is 9.70. The van der Waals surface area contributed by atoms with Crippen molar-refractivity contribution in [1.29, 1.82) is 0 Å². The van der Waals surface area contributed by atoms with Crippen molar-refractivity contribution in [3.63, 3.8) is 0 Å². The van der Waals surface area contributed by atoms with Crippen LogP contribution < -0.4 is 5.32 Å². The van der Waals surface area contributed by atoms with E-state index in [0.717, 1.165) is 10.0 Å². The van der Waals surface area contributed by atoms with Gasteiger partial charge in [-0.15, -0.1) is 0 Å². The van der Waals surface area contributed by atoms with Gasteiger partial charge in [0.25, 0.3) is 0 Å². The fourth-order valence-electron chi connectivity index (χ4n) is 1.54. The zero-order chi connectivity index (χ0) is 13.9. The number of anilines is 1. The van der Waals surface area contributed by atoms with E-state index in [2.05, 4.69) is 46.5 Å². The summed E-state index contributed by atoms with van der Waals surface area (Å²) < 4.78 is 7.65. The van der Waals surface area contributed by atoms with Crippen LogP contribution in [0.1, 0.15) is 5.89 Å². The molecule has 0 fully saturated rings. The third-order valence-electron chi connectivity index (χ3n) is 2.45. The highest BCUT2D eigenvalue weighted by atomic mass is 79.9. The van der Waals surface area contributed by atoms with Crippen molar-refractivity contribution in [2.24, 2.45) is 7.05 Å². The van der Waals surface area contributed by atoms with E-state index in [1.54, 1.807) is 23.3 Å². The molecular formula is C11H10BrN7O. The van der Waals surface area contributed by atoms with Crippen molar-refractivity contribution in [3.8, 4) is 11.4 Å². The number of aryl methyl sites for hydroxylation is 1. The molecule has 20 heavy (non-hydrogen) atoms. The van der Waals surface area contributed by atoms with Crippen molar-refractivity contribution < 1.29 is 4.52 Å². The Labute approximate surface area is 122 Å². The minimum Gasteiger partial charge on any atom is -0.345 e. The Bertz CT molecular complexity index is 706. The summed E-state index contributed by atoms with van der Waals surface area (Å²) in [6.07, 6.45) is 6.81. The zero-order valence-corrected chi connectivity index (χ0v) is 12.1. The van der Waals surface area contributed by atoms with E-state index in [9.17, 15) is 0 Å². The largest absolute Gasteiger partial charge is 0.345 e. The molecule has 0 aliphatic heterocycles. The predicted octanol–water partition coefficient (Wildman–Crippen LogP) is 1.63. The lowest BCUT2D eigenvalue weighted by molar-refractivity contribution is 0.384. The molecule has 3 aromatic heterocycles. The monoisotopic (exact) mass is 335 g/mol. The highest BCUT2D eigenvalue weighted by Gasteiger charge is 2.10. The molecule has 9 heteroatoms. The topological polar surface area (TPSA) is 94.6 Å². The quantitative estimate of drug-likeness (QED) is 0.774. The number of hydrogen-bond donors (Lipinski definition) is 1. The average molecular weight is 336 g/mol. The lowest BCUT2D eigenvalue weighted by Gasteiger charge is -1.99. The fraction of sp³-hybridized carbons (Fsp3) is 0.182. The molecule has 8 nitrogen and oxygen atoms in total. The summed E-state index contributed by atoms with van der Waals surface area (Å²) >= 11 is 3.27. The van der Waals surface area contributed by atoms with E-state index < -0.39 is 0 Å². The molecule has 0 unspecified atom stereocenters. The van der Waals surface area contributed by atoms with Gasteiger partial charge in [0.1, 0.15) is 0 Å². The summed E-state index contributed by atoms with van der Waals surface area (Å²) in [6, 6.07) is 0. The molecule has 0 radical (unpaired) electrons. The van der Waals surface area contributed by atoms with E-state index in [1.807, 2.05) is 13.2 Å². The average Bonchev–Trinajstić information content (AvgIpc) is 3.07. The molecule has 0 spiro atoms. The second-order valence-electron chi connectivity index (χ2n) is 3.99. The summed E-state index contributed by atoms with van der Waals surface area (Å²) in [5, 5.41) is 11.0. The van der Waals surface area contributed by atoms with Gasteiger partial charge in [-0.3, -0.25) is 4.68 Å². The van der Waals surface area contributed by atoms with Gasteiger partial charge in [-0.2, -0.15) is 10.1 Å². The highest BCUT2D eigenvalue weighted by Crippen LogP contribution is 2.14. The Hall–Kier alpha value is -2.29. The van der Waals surface area contributed by atoms with E-state index in [0.29, 0.717) is 24.2 Å². The minimum atomic E-state index is 0.356. The number of aromatic nitrogens is 6. The molecule has 0 aromatic carbocycles. The van der Waals surface area contributed by atoms with Crippen molar-refractivity contribution in [3.05, 3.63) is 35.2 Å². The molecule has 102 valence electrons. The Kier molecular flexibility index (Phi) is 3.42. The van der Waals surface area contributed by atoms with Crippen LogP contribution in [0.2, 0.25) is 0 Å². The maximum atomic E-state index is 5.15. The Morgan fingerprint density at radius 3 is 2.80 bits per heavy atom. The predicted molar refractivity (Wildman–Crippen MR) is 73.6 cm³/mol. The second-order valence-corrected chi connectivity index (χ2v) is 4.91. The van der Waals surface area contributed by atoms with E-state index in [4.69, 9.17) is 4.52 Å². The number of nitrogens with zero attached hydrogens (tertiary/aromatic N) is 6. The fourth-order valence-corrected chi connectivity index (χ4v) is 1.74. The molecule has 1 N–H and O–H groups in total. The lowest BCUT2D eigenvalue weighted by Crippen LogP contribution is -2.03. The van der Waals surface area contributed by atoms with Gasteiger partial charge in [-0.1, -0.05) is 5.16 Å². The molecule has 3 rings (SSSR count). The SMILES string of the molecule is Cn1cc(-c2noc(CNc3ncc(Br)cn3)n2)cn1. The first kappa shape index (κ1) is 12.7. The molecule has 3 heterocycles. The van der Waals surface area contributed by atoms with Gasteiger partial charge in [0.2, 0.25) is 17.7 Å². The Morgan fingerprint density at radius 2 is 2.10 bits per heavy atom. The van der Waals surface area contributed by atoms with Crippen LogP contribution in [-0.4, -0.2) is 29.9 Å². The van der Waals surface area contributed by atoms with Gasteiger partial charge < -0.3 is 9.84 Å². The van der Waals surface area contributed by atoms with Crippen LogP contribution in [-0.2, 0) is 13.6 Å². The van der Waals surface area contributed by atoms with E-state index in [-0.39, 0.29) is 0 Å². The number of rotatable bonds is 4. The van der Waals surface area contributed by atoms with Crippen LogP contribution in [0.5, 0.6) is 0 Å². The first-order valence-corrected chi connectivity index (χ1v) is 6.53. The van der Waals surface area contributed by atoms with Crippen LogP contribution in [0.4, 0.5) is 5.95 Å². The van der Waals surface area contributed by atoms with Gasteiger partial charge in [-0.25, -0.2) is 9.97 Å². The van der Waals surface area contributed by atoms with Gasteiger partial charge in [0.05, 0.1) is 22.8 Å². The van der Waals surface area contributed by atoms with Crippen LogP contribution in [0.3, 0.4) is 0 Å². The summed E-state index contributed by atoms with van der Waals surface area (Å²) in [5.41, 5.74) is 0.808. The highest BCUT2D eigenvalue weighted by molar-refractivity contribution is 9.10. The standard InChI is InChI=1S/C11H10BrN7O/c1-19-6-7(2-16-19)10-17-9(20-18-10)5-15-11-13-3-8(12)4-14-11/h2-4,6H,5H2,1H3,(H,13,14,15). The van der Waals surface area contributed by atoms with E-state index >= 15 is 0 Å². The molecule has 0 bridgehead atoms. The van der Waals surface area contributed by atoms with Crippen LogP contribution >= 0.6 is 15.9 Å². The molecule has 0 aliphatic rings. The Balaban J connectivity index is 1.67. The van der Waals surface area contributed by atoms with Gasteiger partial charge in [0, 0.05) is 25.6 Å². The number of nitrogens with one attached hydrogen (secondary N) is 1. The minimum absolute atomic E-state index is 0.356. The van der Waals surface area contributed by atoms with E-state index in [1.165, 1.54) is 0 Å². The number of halogens is 1. The normalized spacial score (nSPS) is 10.7. The van der Waals surface area contributed by atoms with Crippen molar-refractivity contribution in [1.82, 2.24) is 29.9 Å². The third-order valence-corrected chi connectivity index (χ3v) is 2.86. The summed E-state index contributed by atoms with van der Waals surface area (Å²) in [5.74, 6) is 1.45. The molecule has 0 saturated heterocycles. The smallest absolute Gasteiger partial charge is 0.246 e. The third kappa shape index (κ3) is 2.82. The molecule has 0 amide bonds. The molecule has 3 aromatic rings. The van der Waals surface area contributed by atoms with Crippen LogP contribution in [0, 0.1) is 0 Å². The second kappa shape index (κ2) is 5.37.